The number of nitrogens with zero attached hydrogens (tertiary/aromatic N) is 1. The van der Waals surface area contributed by atoms with Gasteiger partial charge in [-0.25, -0.2) is 0 Å². The maximum atomic E-state index is 13.3. The van der Waals surface area contributed by atoms with Gasteiger partial charge in [0, 0.05) is 34.8 Å². The smallest absolute Gasteiger partial charge is 0.268 e. The van der Waals surface area contributed by atoms with E-state index in [1.165, 1.54) is 0 Å². The van der Waals surface area contributed by atoms with Gasteiger partial charge in [-0.3, -0.25) is 14.6 Å². The molecule has 7 nitrogen and oxygen atoms in total. The number of nitrogens with one attached hydrogen (secondary N) is 4. The van der Waals surface area contributed by atoms with E-state index in [9.17, 15) is 9.59 Å². The van der Waals surface area contributed by atoms with Crippen molar-refractivity contribution in [2.75, 3.05) is 10.6 Å². The Kier molecular flexibility index (Phi) is 9.33. The van der Waals surface area contributed by atoms with Crippen LogP contribution < -0.4 is 21.3 Å². The van der Waals surface area contributed by atoms with E-state index in [1.54, 1.807) is 48.8 Å². The molecule has 3 aromatic carbocycles. The number of carbonyl (C=O) groups is 2. The minimum absolute atomic E-state index is 0.0884. The predicted octanol–water partition coefficient (Wildman–Crippen LogP) is 5.74. The lowest BCUT2D eigenvalue weighted by Crippen LogP contribution is -2.35. The van der Waals surface area contributed by atoms with Gasteiger partial charge in [-0.1, -0.05) is 54.6 Å². The van der Waals surface area contributed by atoms with Crippen LogP contribution in [0.1, 0.15) is 21.5 Å². The van der Waals surface area contributed by atoms with Gasteiger partial charge in [-0.05, 0) is 81.7 Å². The Hall–Kier alpha value is -4.34. The first kappa shape index (κ1) is 26.7. The van der Waals surface area contributed by atoms with Gasteiger partial charge in [-0.2, -0.15) is 0 Å². The van der Waals surface area contributed by atoms with E-state index in [0.29, 0.717) is 20.7 Å². The Labute approximate surface area is 234 Å². The molecule has 0 unspecified atom stereocenters. The van der Waals surface area contributed by atoms with Crippen molar-refractivity contribution in [3.63, 3.8) is 0 Å². The molecular weight excluding hydrogens is 562 g/mol. The highest BCUT2D eigenvalue weighted by molar-refractivity contribution is 9.10. The van der Waals surface area contributed by atoms with Crippen LogP contribution in [0.2, 0.25) is 0 Å². The molecule has 9 heteroatoms. The molecular formula is C29H24BrN5O2S. The molecule has 0 radical (unpaired) electrons. The average molecular weight is 587 g/mol. The third-order valence-corrected chi connectivity index (χ3v) is 6.24. The topological polar surface area (TPSA) is 95.2 Å². The molecule has 0 saturated carbocycles. The normalized spacial score (nSPS) is 10.8. The zero-order valence-corrected chi connectivity index (χ0v) is 22.6. The molecule has 4 aromatic rings. The average Bonchev–Trinajstić information content (AvgIpc) is 2.93. The van der Waals surface area contributed by atoms with E-state index >= 15 is 0 Å². The lowest BCUT2D eigenvalue weighted by molar-refractivity contribution is -0.117. The van der Waals surface area contributed by atoms with Gasteiger partial charge in [0.15, 0.2) is 5.11 Å². The first-order chi connectivity index (χ1) is 18.5. The van der Waals surface area contributed by atoms with Crippen LogP contribution in [0.5, 0.6) is 0 Å². The summed E-state index contributed by atoms with van der Waals surface area (Å²) in [6, 6.07) is 27.7. The lowest BCUT2D eigenvalue weighted by Gasteiger charge is -2.16. The molecule has 0 aliphatic rings. The van der Waals surface area contributed by atoms with Gasteiger partial charge < -0.3 is 21.3 Å². The van der Waals surface area contributed by atoms with E-state index in [1.807, 2.05) is 60.7 Å². The summed E-state index contributed by atoms with van der Waals surface area (Å²) in [5.74, 6) is -0.865. The standard InChI is InChI=1S/C29H24BrN5O2S/c30-24-14-6-5-13-23(24)27(36)34-26(17-20-9-8-16-31-18-20)28(37)32-19-21-10-4-7-15-25(21)35-29(38)33-22-11-2-1-3-12-22/h1-18H,19H2,(H,32,37)(H,34,36)(H2,33,35,38)/b26-17-. The molecule has 1 aromatic heterocycles. The fourth-order valence-corrected chi connectivity index (χ4v) is 4.19. The van der Waals surface area contributed by atoms with Crippen LogP contribution in [0.4, 0.5) is 11.4 Å². The first-order valence-corrected chi connectivity index (χ1v) is 12.9. The summed E-state index contributed by atoms with van der Waals surface area (Å²) in [6.45, 7) is 0.200. The molecule has 0 aliphatic heterocycles. The zero-order valence-electron chi connectivity index (χ0n) is 20.1. The van der Waals surface area contributed by atoms with Gasteiger partial charge in [0.2, 0.25) is 0 Å². The molecule has 190 valence electrons. The van der Waals surface area contributed by atoms with E-state index < -0.39 is 11.8 Å². The third kappa shape index (κ3) is 7.58. The molecule has 4 N–H and O–H groups in total. The number of para-hydroxylation sites is 2. The summed E-state index contributed by atoms with van der Waals surface area (Å²) in [4.78, 5) is 30.3. The quantitative estimate of drug-likeness (QED) is 0.155. The molecule has 0 spiro atoms. The summed E-state index contributed by atoms with van der Waals surface area (Å²) in [5, 5.41) is 12.4. The Morgan fingerprint density at radius 3 is 2.37 bits per heavy atom. The van der Waals surface area contributed by atoms with Crippen LogP contribution in [0.3, 0.4) is 0 Å². The number of aromatic nitrogens is 1. The second-order valence-corrected chi connectivity index (χ2v) is 9.33. The predicted molar refractivity (Wildman–Crippen MR) is 158 cm³/mol. The highest BCUT2D eigenvalue weighted by atomic mass is 79.9. The molecule has 1 heterocycles. The number of carbonyl (C=O) groups excluding carboxylic acids is 2. The van der Waals surface area contributed by atoms with Crippen molar-refractivity contribution in [1.29, 1.82) is 0 Å². The van der Waals surface area contributed by atoms with Gasteiger partial charge >= 0.3 is 0 Å². The van der Waals surface area contributed by atoms with E-state index in [4.69, 9.17) is 12.2 Å². The number of rotatable bonds is 8. The minimum atomic E-state index is -0.450. The number of pyridine rings is 1. The summed E-state index contributed by atoms with van der Waals surface area (Å²) >= 11 is 8.84. The third-order valence-electron chi connectivity index (χ3n) is 5.34. The van der Waals surface area contributed by atoms with Crippen LogP contribution in [0, 0.1) is 0 Å². The van der Waals surface area contributed by atoms with E-state index in [2.05, 4.69) is 42.2 Å². The van der Waals surface area contributed by atoms with Gasteiger partial charge in [-0.15, -0.1) is 0 Å². The molecule has 4 rings (SSSR count). The van der Waals surface area contributed by atoms with Crippen molar-refractivity contribution in [3.05, 3.63) is 130 Å². The number of anilines is 2. The van der Waals surface area contributed by atoms with Crippen molar-refractivity contribution < 1.29 is 9.59 Å². The first-order valence-electron chi connectivity index (χ1n) is 11.7. The second kappa shape index (κ2) is 13.3. The van der Waals surface area contributed by atoms with Crippen molar-refractivity contribution in [1.82, 2.24) is 15.6 Å². The number of thiocarbonyl (C=S) groups is 1. The number of hydrogen-bond donors (Lipinski definition) is 4. The largest absolute Gasteiger partial charge is 0.347 e. The Morgan fingerprint density at radius 2 is 1.61 bits per heavy atom. The number of halogens is 1. The van der Waals surface area contributed by atoms with Gasteiger partial charge in [0.1, 0.15) is 5.70 Å². The molecule has 0 saturated heterocycles. The molecule has 2 amide bonds. The van der Waals surface area contributed by atoms with Crippen molar-refractivity contribution in [3.8, 4) is 0 Å². The number of benzene rings is 3. The fourth-order valence-electron chi connectivity index (χ4n) is 3.49. The Balaban J connectivity index is 1.48. The maximum Gasteiger partial charge on any atom is 0.268 e. The van der Waals surface area contributed by atoms with Gasteiger partial charge in [0.25, 0.3) is 11.8 Å². The lowest BCUT2D eigenvalue weighted by atomic mass is 10.1. The maximum absolute atomic E-state index is 13.3. The number of hydrogen-bond acceptors (Lipinski definition) is 4. The summed E-state index contributed by atoms with van der Waals surface area (Å²) in [6.07, 6.45) is 4.83. The monoisotopic (exact) mass is 585 g/mol. The Bertz CT molecular complexity index is 1460. The van der Waals surface area contributed by atoms with Crippen molar-refractivity contribution in [2.24, 2.45) is 0 Å². The highest BCUT2D eigenvalue weighted by Gasteiger charge is 2.17. The van der Waals surface area contributed by atoms with Crippen LogP contribution in [-0.2, 0) is 11.3 Å². The van der Waals surface area contributed by atoms with Crippen LogP contribution in [-0.4, -0.2) is 21.9 Å². The molecule has 38 heavy (non-hydrogen) atoms. The van der Waals surface area contributed by atoms with Crippen LogP contribution in [0.25, 0.3) is 6.08 Å². The minimum Gasteiger partial charge on any atom is -0.347 e. The zero-order chi connectivity index (χ0) is 26.7. The van der Waals surface area contributed by atoms with E-state index in [-0.39, 0.29) is 12.2 Å². The second-order valence-electron chi connectivity index (χ2n) is 8.06. The molecule has 0 atom stereocenters. The SMILES string of the molecule is O=C(NCc1ccccc1NC(=S)Nc1ccccc1)/C(=C/c1cccnc1)NC(=O)c1ccccc1Br. The van der Waals surface area contributed by atoms with Crippen LogP contribution in [0.15, 0.2) is 114 Å². The number of amides is 2. The van der Waals surface area contributed by atoms with Gasteiger partial charge in [0.05, 0.1) is 5.56 Å². The molecule has 0 bridgehead atoms. The van der Waals surface area contributed by atoms with Crippen molar-refractivity contribution in [2.45, 2.75) is 6.54 Å². The molecule has 0 fully saturated rings. The highest BCUT2D eigenvalue weighted by Crippen LogP contribution is 2.18. The molecule has 0 aliphatic carbocycles. The van der Waals surface area contributed by atoms with Crippen LogP contribution >= 0.6 is 28.1 Å². The summed E-state index contributed by atoms with van der Waals surface area (Å²) in [5.41, 5.74) is 3.59. The van der Waals surface area contributed by atoms with Crippen molar-refractivity contribution >= 4 is 62.5 Å². The Morgan fingerprint density at radius 1 is 0.868 bits per heavy atom. The summed E-state index contributed by atoms with van der Waals surface area (Å²) < 4.78 is 0.624. The summed E-state index contributed by atoms with van der Waals surface area (Å²) in [7, 11) is 0. The fraction of sp³-hybridized carbons (Fsp3) is 0.0345. The van der Waals surface area contributed by atoms with E-state index in [0.717, 1.165) is 16.9 Å².